The summed E-state index contributed by atoms with van der Waals surface area (Å²) in [5.74, 6) is -0.938. The van der Waals surface area contributed by atoms with Gasteiger partial charge < -0.3 is 5.11 Å². The van der Waals surface area contributed by atoms with Gasteiger partial charge in [-0.1, -0.05) is 6.07 Å². The van der Waals surface area contributed by atoms with E-state index >= 15 is 0 Å². The first-order chi connectivity index (χ1) is 8.10. The van der Waals surface area contributed by atoms with Crippen LogP contribution in [0.5, 0.6) is 0 Å². The van der Waals surface area contributed by atoms with Crippen LogP contribution in [0.4, 0.5) is 0 Å². The monoisotopic (exact) mass is 243 g/mol. The van der Waals surface area contributed by atoms with Gasteiger partial charge in [0.25, 0.3) is 0 Å². The molecule has 2 rings (SSSR count). The molecule has 0 saturated heterocycles. The van der Waals surface area contributed by atoms with Crippen molar-refractivity contribution in [2.75, 3.05) is 0 Å². The summed E-state index contributed by atoms with van der Waals surface area (Å²) in [5, 5.41) is 17.7. The number of hydrogen-bond acceptors (Lipinski definition) is 3. The van der Waals surface area contributed by atoms with Crippen LogP contribution in [0.25, 0.3) is 10.4 Å². The van der Waals surface area contributed by atoms with E-state index in [4.69, 9.17) is 10.4 Å². The van der Waals surface area contributed by atoms with E-state index in [1.807, 2.05) is 19.1 Å². The fraction of sp³-hybridized carbons (Fsp3) is 0.0769. The number of aryl methyl sites for hydroxylation is 1. The maximum atomic E-state index is 10.9. The second kappa shape index (κ2) is 4.40. The first-order valence-corrected chi connectivity index (χ1v) is 5.77. The second-order valence-electron chi connectivity index (χ2n) is 3.67. The van der Waals surface area contributed by atoms with E-state index in [1.54, 1.807) is 18.2 Å². The van der Waals surface area contributed by atoms with Gasteiger partial charge in [0.1, 0.15) is 10.9 Å². The van der Waals surface area contributed by atoms with Crippen molar-refractivity contribution >= 4 is 17.3 Å². The predicted octanol–water partition coefficient (Wildman–Crippen LogP) is 3.29. The minimum absolute atomic E-state index is 0.270. The molecule has 0 bridgehead atoms. The Morgan fingerprint density at radius 1 is 1.35 bits per heavy atom. The molecule has 3 nitrogen and oxygen atoms in total. The van der Waals surface area contributed by atoms with Crippen LogP contribution in [0.15, 0.2) is 30.3 Å². The van der Waals surface area contributed by atoms with Crippen LogP contribution < -0.4 is 0 Å². The first kappa shape index (κ1) is 11.4. The molecule has 2 aromatic rings. The van der Waals surface area contributed by atoms with E-state index in [0.717, 1.165) is 16.0 Å². The Kier molecular flexibility index (Phi) is 2.94. The highest BCUT2D eigenvalue weighted by molar-refractivity contribution is 7.16. The van der Waals surface area contributed by atoms with E-state index in [-0.39, 0.29) is 5.56 Å². The molecule has 0 atom stereocenters. The number of nitrogens with zero attached hydrogens (tertiary/aromatic N) is 1. The lowest BCUT2D eigenvalue weighted by Gasteiger charge is -2.02. The highest BCUT2D eigenvalue weighted by atomic mass is 32.1. The molecule has 0 fully saturated rings. The molecule has 1 aromatic heterocycles. The zero-order valence-electron chi connectivity index (χ0n) is 9.10. The number of carboxylic acids is 1. The van der Waals surface area contributed by atoms with Crippen LogP contribution in [0.2, 0.25) is 0 Å². The van der Waals surface area contributed by atoms with Crippen molar-refractivity contribution in [2.24, 2.45) is 0 Å². The molecule has 1 heterocycles. The van der Waals surface area contributed by atoms with Gasteiger partial charge in [-0.15, -0.1) is 11.3 Å². The van der Waals surface area contributed by atoms with Crippen LogP contribution >= 0.6 is 11.3 Å². The average Bonchev–Trinajstić information content (AvgIpc) is 2.76. The largest absolute Gasteiger partial charge is 0.478 e. The Bertz CT molecular complexity index is 623. The summed E-state index contributed by atoms with van der Waals surface area (Å²) >= 11 is 1.36. The Balaban J connectivity index is 2.52. The van der Waals surface area contributed by atoms with Gasteiger partial charge in [-0.25, -0.2) is 4.79 Å². The van der Waals surface area contributed by atoms with Crippen molar-refractivity contribution < 1.29 is 9.90 Å². The molecule has 0 aliphatic rings. The van der Waals surface area contributed by atoms with Gasteiger partial charge in [0, 0.05) is 4.88 Å². The molecule has 1 N–H and O–H groups in total. The van der Waals surface area contributed by atoms with Crippen LogP contribution in [-0.4, -0.2) is 11.1 Å². The summed E-state index contributed by atoms with van der Waals surface area (Å²) in [7, 11) is 0. The van der Waals surface area contributed by atoms with Crippen LogP contribution in [0.1, 0.15) is 20.8 Å². The lowest BCUT2D eigenvalue weighted by Crippen LogP contribution is -1.96. The molecule has 0 radical (unpaired) electrons. The minimum Gasteiger partial charge on any atom is -0.478 e. The maximum absolute atomic E-state index is 10.9. The van der Waals surface area contributed by atoms with Crippen LogP contribution in [0, 0.1) is 18.3 Å². The van der Waals surface area contributed by atoms with Crippen molar-refractivity contribution in [3.63, 3.8) is 0 Å². The smallest absolute Gasteiger partial charge is 0.335 e. The molecule has 17 heavy (non-hydrogen) atoms. The Labute approximate surface area is 103 Å². The van der Waals surface area contributed by atoms with Gasteiger partial charge in [0.2, 0.25) is 0 Å². The first-order valence-electron chi connectivity index (χ1n) is 4.95. The molecule has 4 heteroatoms. The summed E-state index contributed by atoms with van der Waals surface area (Å²) < 4.78 is 0. The Hall–Kier alpha value is -2.12. The number of benzene rings is 1. The van der Waals surface area contributed by atoms with E-state index in [1.165, 1.54) is 11.3 Å². The lowest BCUT2D eigenvalue weighted by atomic mass is 10.1. The quantitative estimate of drug-likeness (QED) is 0.880. The summed E-state index contributed by atoms with van der Waals surface area (Å²) in [4.78, 5) is 12.5. The highest BCUT2D eigenvalue weighted by Crippen LogP contribution is 2.29. The Morgan fingerprint density at radius 2 is 2.12 bits per heavy atom. The van der Waals surface area contributed by atoms with Gasteiger partial charge in [-0.05, 0) is 42.3 Å². The maximum Gasteiger partial charge on any atom is 0.335 e. The zero-order chi connectivity index (χ0) is 12.4. The number of nitriles is 1. The summed E-state index contributed by atoms with van der Waals surface area (Å²) in [6, 6.07) is 10.8. The van der Waals surface area contributed by atoms with Crippen molar-refractivity contribution in [3.8, 4) is 16.5 Å². The summed E-state index contributed by atoms with van der Waals surface area (Å²) in [6.07, 6.45) is 0. The lowest BCUT2D eigenvalue weighted by molar-refractivity contribution is 0.0697. The van der Waals surface area contributed by atoms with Gasteiger partial charge in [-0.2, -0.15) is 5.26 Å². The summed E-state index contributed by atoms with van der Waals surface area (Å²) in [5.41, 5.74) is 2.01. The van der Waals surface area contributed by atoms with Crippen molar-refractivity contribution in [1.29, 1.82) is 5.26 Å². The fourth-order valence-electron chi connectivity index (χ4n) is 1.60. The molecular weight excluding hydrogens is 234 g/mol. The van der Waals surface area contributed by atoms with Crippen molar-refractivity contribution in [3.05, 3.63) is 46.3 Å². The van der Waals surface area contributed by atoms with E-state index in [2.05, 4.69) is 6.07 Å². The molecule has 84 valence electrons. The summed E-state index contributed by atoms with van der Waals surface area (Å²) in [6.45, 7) is 1.86. The number of thiophene rings is 1. The number of hydrogen-bond donors (Lipinski definition) is 1. The zero-order valence-corrected chi connectivity index (χ0v) is 9.91. The number of carboxylic acid groups (broad SMARTS) is 1. The number of carbonyl (C=O) groups is 1. The third kappa shape index (κ3) is 2.35. The second-order valence-corrected chi connectivity index (χ2v) is 4.75. The standard InChI is InChI=1S/C13H9NO2S/c1-8-4-9(6-10(5-8)13(15)16)12-3-2-11(7-14)17-12/h2-6H,1H3,(H,15,16). The molecule has 0 spiro atoms. The minimum atomic E-state index is -0.938. The van der Waals surface area contributed by atoms with Gasteiger partial charge >= 0.3 is 5.97 Å². The van der Waals surface area contributed by atoms with Gasteiger partial charge in [-0.3, -0.25) is 0 Å². The molecule has 0 aliphatic heterocycles. The topological polar surface area (TPSA) is 61.1 Å². The fourth-order valence-corrected chi connectivity index (χ4v) is 2.39. The van der Waals surface area contributed by atoms with Crippen molar-refractivity contribution in [1.82, 2.24) is 0 Å². The average molecular weight is 243 g/mol. The normalized spacial score (nSPS) is 9.88. The molecule has 1 aromatic carbocycles. The third-order valence-electron chi connectivity index (χ3n) is 2.33. The molecule has 0 unspecified atom stereocenters. The highest BCUT2D eigenvalue weighted by Gasteiger charge is 2.08. The number of rotatable bonds is 2. The molecule has 0 amide bonds. The molecular formula is C13H9NO2S. The molecule has 0 aliphatic carbocycles. The third-order valence-corrected chi connectivity index (χ3v) is 3.36. The van der Waals surface area contributed by atoms with E-state index in [9.17, 15) is 4.79 Å². The van der Waals surface area contributed by atoms with Crippen LogP contribution in [-0.2, 0) is 0 Å². The van der Waals surface area contributed by atoms with E-state index < -0.39 is 5.97 Å². The predicted molar refractivity (Wildman–Crippen MR) is 66.2 cm³/mol. The number of aromatic carboxylic acids is 1. The van der Waals surface area contributed by atoms with Gasteiger partial charge in [0.05, 0.1) is 5.56 Å². The Morgan fingerprint density at radius 3 is 2.71 bits per heavy atom. The van der Waals surface area contributed by atoms with Gasteiger partial charge in [0.15, 0.2) is 0 Å². The SMILES string of the molecule is Cc1cc(C(=O)O)cc(-c2ccc(C#N)s2)c1. The molecule has 0 saturated carbocycles. The van der Waals surface area contributed by atoms with E-state index in [0.29, 0.717) is 4.88 Å². The van der Waals surface area contributed by atoms with Crippen LogP contribution in [0.3, 0.4) is 0 Å². The van der Waals surface area contributed by atoms with Crippen molar-refractivity contribution in [2.45, 2.75) is 6.92 Å².